The van der Waals surface area contributed by atoms with E-state index in [0.29, 0.717) is 11.8 Å². The molecule has 6 aromatic carbocycles. The van der Waals surface area contributed by atoms with Gasteiger partial charge in [-0.3, -0.25) is 0 Å². The molecule has 0 spiro atoms. The molecule has 8 aromatic rings. The molecule has 3 heterocycles. The summed E-state index contributed by atoms with van der Waals surface area (Å²) in [4.78, 5) is 5.42. The second-order valence-electron chi connectivity index (χ2n) is 17.5. The van der Waals surface area contributed by atoms with Crippen LogP contribution in [0, 0.1) is 0 Å². The fraction of sp³-hybridized carbons (Fsp3) is 0.245. The molecule has 0 saturated carbocycles. The molecular weight excluding hydrogens is 733 g/mol. The van der Waals surface area contributed by atoms with Crippen LogP contribution >= 0.6 is 0 Å². The molecule has 54 heavy (non-hydrogen) atoms. The Kier molecular flexibility index (Phi) is 8.44. The number of nitrogens with zero attached hydrogens (tertiary/aromatic N) is 2. The van der Waals surface area contributed by atoms with Crippen molar-refractivity contribution in [2.24, 2.45) is 0 Å². The van der Waals surface area contributed by atoms with Crippen LogP contribution in [0.3, 0.4) is 0 Å². The summed E-state index contributed by atoms with van der Waals surface area (Å²) in [5.41, 5.74) is 13.8. The van der Waals surface area contributed by atoms with Gasteiger partial charge in [0.15, 0.2) is 0 Å². The zero-order valence-electron chi connectivity index (χ0n) is 32.9. The van der Waals surface area contributed by atoms with Gasteiger partial charge in [-0.1, -0.05) is 54.6 Å². The molecule has 0 saturated heterocycles. The summed E-state index contributed by atoms with van der Waals surface area (Å²) >= 11 is -2.00. The second kappa shape index (κ2) is 13.0. The van der Waals surface area contributed by atoms with Crippen LogP contribution in [0.5, 0.6) is 0 Å². The molecule has 0 N–H and O–H groups in total. The Morgan fingerprint density at radius 1 is 0.667 bits per heavy atom. The minimum absolute atomic E-state index is 0.294. The summed E-state index contributed by atoms with van der Waals surface area (Å²) in [5, 5.41) is 5.41. The van der Waals surface area contributed by atoms with Crippen molar-refractivity contribution < 1.29 is 4.42 Å². The molecule has 5 heteroatoms. The third-order valence-electron chi connectivity index (χ3n) is 12.2. The summed E-state index contributed by atoms with van der Waals surface area (Å²) in [6.45, 7) is 14.5. The van der Waals surface area contributed by atoms with E-state index in [4.69, 9.17) is 9.40 Å². The van der Waals surface area contributed by atoms with Gasteiger partial charge in [0.25, 0.3) is 0 Å². The zero-order chi connectivity index (χ0) is 37.5. The Morgan fingerprint density at radius 3 is 2.09 bits per heavy atom. The van der Waals surface area contributed by atoms with Crippen LogP contribution in [0.4, 0.5) is 0 Å². The number of fused-ring (bicyclic) bond motifs is 5. The van der Waals surface area contributed by atoms with E-state index in [1.54, 1.807) is 9.58 Å². The van der Waals surface area contributed by atoms with Crippen LogP contribution in [0.25, 0.3) is 72.3 Å². The Balaban J connectivity index is 1.28. The van der Waals surface area contributed by atoms with Gasteiger partial charge >= 0.3 is 226 Å². The number of imidazole rings is 1. The standard InChI is InChI=1S/C49H50GeN2OSi/c1-31(2)40-27-36(35-22-24-42-46(30-35)54(7,8)26-25-50(42,5)6)28-41(32(3)4)47(40)52-44-20-13-12-19-43(44)51-49(52)39-18-14-17-38-37-23-21-34(29-45(37)53-48(38)39)33-15-10-9-11-16-33/h9-24,27-32H,25-26H2,1-8H3. The Labute approximate surface area is 323 Å². The van der Waals surface area contributed by atoms with Crippen molar-refractivity contribution in [1.82, 2.24) is 9.55 Å². The van der Waals surface area contributed by atoms with E-state index < -0.39 is 21.3 Å². The maximum atomic E-state index is 6.85. The van der Waals surface area contributed by atoms with Crippen molar-refractivity contribution in [2.75, 3.05) is 0 Å². The molecular formula is C49H50GeN2OSi. The zero-order valence-corrected chi connectivity index (χ0v) is 36.0. The third-order valence-corrected chi connectivity index (χ3v) is 24.3. The van der Waals surface area contributed by atoms with E-state index in [2.05, 4.69) is 178 Å². The Morgan fingerprint density at radius 2 is 1.35 bits per heavy atom. The fourth-order valence-corrected chi connectivity index (χ4v) is 27.0. The summed E-state index contributed by atoms with van der Waals surface area (Å²) in [5.74, 6) is 6.73. The SMILES string of the molecule is CC(C)c1cc(-c2cc[c]3c(c2)[Si](C)(C)C[CH2][Ge]3([CH3])[CH3])cc(C(C)C)c1-n1c(-c2cccc3c2oc2cc(-c4ccccc4)ccc23)nc2ccccc21. The molecule has 0 amide bonds. The number of rotatable bonds is 6. The number of aromatic nitrogens is 2. The summed E-state index contributed by atoms with van der Waals surface area (Å²) in [7, 11) is -1.50. The van der Waals surface area contributed by atoms with Crippen LogP contribution in [0.2, 0.25) is 35.9 Å². The van der Waals surface area contributed by atoms with E-state index in [-0.39, 0.29) is 0 Å². The Bertz CT molecular complexity index is 2700. The molecule has 0 fully saturated rings. The average molecular weight is 784 g/mol. The molecule has 3 nitrogen and oxygen atoms in total. The number of furan rings is 1. The third kappa shape index (κ3) is 5.72. The van der Waals surface area contributed by atoms with Crippen molar-refractivity contribution in [2.45, 2.75) is 75.4 Å². The molecule has 0 unspecified atom stereocenters. The first-order valence-electron chi connectivity index (χ1n) is 19.7. The first-order chi connectivity index (χ1) is 25.9. The molecule has 1 aliphatic heterocycles. The fourth-order valence-electron chi connectivity index (χ4n) is 8.97. The van der Waals surface area contributed by atoms with Crippen LogP contribution in [-0.2, 0) is 0 Å². The maximum absolute atomic E-state index is 6.85. The van der Waals surface area contributed by atoms with Gasteiger partial charge in [-0.25, -0.2) is 0 Å². The minimum atomic E-state index is -2.00. The normalized spacial score (nSPS) is 15.1. The topological polar surface area (TPSA) is 31.0 Å². The molecule has 2 aromatic heterocycles. The molecule has 9 rings (SSSR count). The first-order valence-corrected chi connectivity index (χ1v) is 29.7. The summed E-state index contributed by atoms with van der Waals surface area (Å²) in [6, 6.07) is 46.2. The molecule has 270 valence electrons. The van der Waals surface area contributed by atoms with Gasteiger partial charge in [0.1, 0.15) is 5.58 Å². The summed E-state index contributed by atoms with van der Waals surface area (Å²) in [6.07, 6.45) is 0. The molecule has 1 aliphatic rings. The van der Waals surface area contributed by atoms with Gasteiger partial charge in [0, 0.05) is 10.8 Å². The van der Waals surface area contributed by atoms with E-state index in [1.807, 2.05) is 0 Å². The number of hydrogen-bond donors (Lipinski definition) is 0. The van der Waals surface area contributed by atoms with Gasteiger partial charge in [-0.2, -0.15) is 0 Å². The average Bonchev–Trinajstić information content (AvgIpc) is 3.74. The van der Waals surface area contributed by atoms with E-state index in [0.717, 1.165) is 49.9 Å². The molecule has 0 bridgehead atoms. The quantitative estimate of drug-likeness (QED) is 0.157. The summed E-state index contributed by atoms with van der Waals surface area (Å²) < 4.78 is 11.0. The van der Waals surface area contributed by atoms with Gasteiger partial charge in [-0.15, -0.1) is 0 Å². The van der Waals surface area contributed by atoms with Gasteiger partial charge in [0.05, 0.1) is 0 Å². The van der Waals surface area contributed by atoms with Gasteiger partial charge < -0.3 is 4.42 Å². The van der Waals surface area contributed by atoms with Crippen molar-refractivity contribution >= 4 is 63.9 Å². The molecule has 0 atom stereocenters. The van der Waals surface area contributed by atoms with Crippen LogP contribution in [-0.4, -0.2) is 30.9 Å². The number of benzene rings is 6. The predicted molar refractivity (Wildman–Crippen MR) is 237 cm³/mol. The van der Waals surface area contributed by atoms with Gasteiger partial charge in [0.2, 0.25) is 0 Å². The molecule has 0 aliphatic carbocycles. The van der Waals surface area contributed by atoms with Crippen molar-refractivity contribution in [1.29, 1.82) is 0 Å². The van der Waals surface area contributed by atoms with Crippen LogP contribution in [0.1, 0.15) is 50.7 Å². The van der Waals surface area contributed by atoms with Crippen LogP contribution in [0.15, 0.2) is 126 Å². The Hall–Kier alpha value is -4.65. The van der Waals surface area contributed by atoms with Gasteiger partial charge in [-0.05, 0) is 23.3 Å². The monoisotopic (exact) mass is 784 g/mol. The molecule has 0 radical (unpaired) electrons. The predicted octanol–water partition coefficient (Wildman–Crippen LogP) is 13.0. The van der Waals surface area contributed by atoms with E-state index in [9.17, 15) is 0 Å². The van der Waals surface area contributed by atoms with Crippen molar-refractivity contribution in [3.8, 4) is 39.3 Å². The van der Waals surface area contributed by atoms with E-state index in [1.165, 1.54) is 44.8 Å². The van der Waals surface area contributed by atoms with Crippen LogP contribution < -0.4 is 9.58 Å². The number of para-hydroxylation sites is 3. The van der Waals surface area contributed by atoms with Crippen molar-refractivity contribution in [3.63, 3.8) is 0 Å². The number of hydrogen-bond acceptors (Lipinski definition) is 2. The van der Waals surface area contributed by atoms with E-state index >= 15 is 0 Å². The second-order valence-corrected chi connectivity index (χ2v) is 32.4. The first kappa shape index (κ1) is 35.1. The van der Waals surface area contributed by atoms with Crippen molar-refractivity contribution in [3.05, 3.63) is 132 Å².